The summed E-state index contributed by atoms with van der Waals surface area (Å²) in [4.78, 5) is 32.5. The molecule has 0 aliphatic carbocycles. The van der Waals surface area contributed by atoms with Crippen LogP contribution >= 0.6 is 11.3 Å². The van der Waals surface area contributed by atoms with Crippen LogP contribution in [0.15, 0.2) is 11.1 Å². The van der Waals surface area contributed by atoms with Crippen molar-refractivity contribution in [3.8, 4) is 0 Å². The van der Waals surface area contributed by atoms with Crippen molar-refractivity contribution in [3.05, 3.63) is 27.1 Å². The minimum absolute atomic E-state index is 0.112. The molecule has 0 aliphatic rings. The van der Waals surface area contributed by atoms with Crippen LogP contribution in [0.4, 0.5) is 0 Å². The summed E-state index contributed by atoms with van der Waals surface area (Å²) in [5.41, 5.74) is 0.601. The number of hydrogen-bond donors (Lipinski definition) is 1. The molecule has 2 aromatic rings. The second-order valence-electron chi connectivity index (χ2n) is 6.58. The molecule has 0 atom stereocenters. The van der Waals surface area contributed by atoms with Gasteiger partial charge in [-0.25, -0.2) is 4.98 Å². The molecule has 0 saturated carbocycles. The molecule has 24 heavy (non-hydrogen) atoms. The average molecular weight is 350 g/mol. The normalized spacial score (nSPS) is 11.9. The van der Waals surface area contributed by atoms with Crippen LogP contribution in [0.25, 0.3) is 10.2 Å². The van der Waals surface area contributed by atoms with Crippen molar-refractivity contribution in [2.75, 3.05) is 13.1 Å². The molecule has 2 rings (SSSR count). The van der Waals surface area contributed by atoms with Gasteiger partial charge in [-0.3, -0.25) is 14.5 Å². The Bertz CT molecular complexity index is 784. The van der Waals surface area contributed by atoms with Crippen LogP contribution in [-0.2, 0) is 7.05 Å². The minimum atomic E-state index is -0.134. The lowest BCUT2D eigenvalue weighted by Gasteiger charge is -2.30. The zero-order valence-electron chi connectivity index (χ0n) is 15.2. The third-order valence-electron chi connectivity index (χ3n) is 4.20. The maximum absolute atomic E-state index is 12.5. The molecule has 0 aromatic carbocycles. The number of rotatable bonds is 6. The van der Waals surface area contributed by atoms with Crippen molar-refractivity contribution in [1.29, 1.82) is 0 Å². The molecule has 2 aromatic heterocycles. The Morgan fingerprint density at radius 2 is 1.96 bits per heavy atom. The highest BCUT2D eigenvalue weighted by molar-refractivity contribution is 7.20. The maximum Gasteiger partial charge on any atom is 0.262 e. The maximum atomic E-state index is 12.5. The lowest BCUT2D eigenvalue weighted by atomic mass is 10.2. The van der Waals surface area contributed by atoms with Crippen LogP contribution in [0.5, 0.6) is 0 Å². The van der Waals surface area contributed by atoms with Gasteiger partial charge in [0.1, 0.15) is 4.83 Å². The van der Waals surface area contributed by atoms with Crippen LogP contribution in [-0.4, -0.2) is 45.5 Å². The van der Waals surface area contributed by atoms with Gasteiger partial charge in [0, 0.05) is 32.2 Å². The summed E-state index contributed by atoms with van der Waals surface area (Å²) in [5.74, 6) is -0.134. The fourth-order valence-corrected chi connectivity index (χ4v) is 3.97. The minimum Gasteiger partial charge on any atom is -0.350 e. The van der Waals surface area contributed by atoms with E-state index in [-0.39, 0.29) is 11.5 Å². The predicted octanol–water partition coefficient (Wildman–Crippen LogP) is 2.15. The Labute approximate surface area is 146 Å². The lowest BCUT2D eigenvalue weighted by Crippen LogP contribution is -2.42. The van der Waals surface area contributed by atoms with Crippen LogP contribution in [0.3, 0.4) is 0 Å². The number of hydrogen-bond acceptors (Lipinski definition) is 5. The second kappa shape index (κ2) is 7.44. The first-order valence-corrected chi connectivity index (χ1v) is 9.04. The van der Waals surface area contributed by atoms with E-state index in [0.29, 0.717) is 39.3 Å². The molecule has 7 heteroatoms. The van der Waals surface area contributed by atoms with E-state index in [2.05, 4.69) is 42.9 Å². The molecular formula is C17H26N4O2S. The van der Waals surface area contributed by atoms with Gasteiger partial charge in [-0.15, -0.1) is 11.3 Å². The molecule has 1 amide bonds. The number of fused-ring (bicyclic) bond motifs is 1. The quantitative estimate of drug-likeness (QED) is 0.867. The van der Waals surface area contributed by atoms with Gasteiger partial charge in [0.2, 0.25) is 0 Å². The molecule has 0 spiro atoms. The van der Waals surface area contributed by atoms with Crippen molar-refractivity contribution < 1.29 is 4.79 Å². The molecule has 0 saturated heterocycles. The van der Waals surface area contributed by atoms with Crippen LogP contribution in [0.2, 0.25) is 0 Å². The molecule has 1 N–H and O–H groups in total. The highest BCUT2D eigenvalue weighted by atomic mass is 32.1. The SMILES string of the molecule is Cc1c(C(=O)NCCN(C(C)C)C(C)C)sc2ncn(C)c(=O)c12. The zero-order chi connectivity index (χ0) is 18.0. The molecule has 0 fully saturated rings. The first-order valence-electron chi connectivity index (χ1n) is 8.22. The number of thiophene rings is 1. The summed E-state index contributed by atoms with van der Waals surface area (Å²) in [6, 6.07) is 0.861. The predicted molar refractivity (Wildman–Crippen MR) is 98.9 cm³/mol. The van der Waals surface area contributed by atoms with E-state index in [1.54, 1.807) is 7.05 Å². The van der Waals surface area contributed by atoms with Crippen molar-refractivity contribution in [2.45, 2.75) is 46.7 Å². The van der Waals surface area contributed by atoms with Gasteiger partial charge in [0.25, 0.3) is 11.5 Å². The Morgan fingerprint density at radius 1 is 1.33 bits per heavy atom. The average Bonchev–Trinajstić information content (AvgIpc) is 2.84. The summed E-state index contributed by atoms with van der Waals surface area (Å²) in [5, 5.41) is 3.51. The van der Waals surface area contributed by atoms with E-state index in [9.17, 15) is 9.59 Å². The Kier molecular flexibility index (Phi) is 5.77. The molecule has 0 unspecified atom stereocenters. The first-order chi connectivity index (χ1) is 11.2. The fourth-order valence-electron chi connectivity index (χ4n) is 2.92. The Morgan fingerprint density at radius 3 is 2.54 bits per heavy atom. The molecule has 0 aliphatic heterocycles. The number of carbonyl (C=O) groups excluding carboxylic acids is 1. The van der Waals surface area contributed by atoms with Gasteiger partial charge in [-0.2, -0.15) is 0 Å². The molecule has 2 heterocycles. The molecule has 6 nitrogen and oxygen atoms in total. The zero-order valence-corrected chi connectivity index (χ0v) is 16.0. The van der Waals surface area contributed by atoms with E-state index < -0.39 is 0 Å². The van der Waals surface area contributed by atoms with Crippen molar-refractivity contribution >= 4 is 27.5 Å². The highest BCUT2D eigenvalue weighted by Crippen LogP contribution is 2.26. The monoisotopic (exact) mass is 350 g/mol. The van der Waals surface area contributed by atoms with Gasteiger partial charge in [0.15, 0.2) is 0 Å². The number of nitrogens with zero attached hydrogens (tertiary/aromatic N) is 3. The van der Waals surface area contributed by atoms with Crippen LogP contribution in [0.1, 0.15) is 42.9 Å². The molecule has 0 bridgehead atoms. The largest absolute Gasteiger partial charge is 0.350 e. The highest BCUT2D eigenvalue weighted by Gasteiger charge is 2.19. The number of aromatic nitrogens is 2. The summed E-state index contributed by atoms with van der Waals surface area (Å²) in [6.07, 6.45) is 1.49. The number of aryl methyl sites for hydroxylation is 2. The first kappa shape index (κ1) is 18.6. The van der Waals surface area contributed by atoms with Gasteiger partial charge >= 0.3 is 0 Å². The van der Waals surface area contributed by atoms with Gasteiger partial charge in [0.05, 0.1) is 16.6 Å². The summed E-state index contributed by atoms with van der Waals surface area (Å²) >= 11 is 1.28. The van der Waals surface area contributed by atoms with E-state index in [1.165, 1.54) is 22.2 Å². The molecule has 0 radical (unpaired) electrons. The Hall–Kier alpha value is -1.73. The number of nitrogens with one attached hydrogen (secondary N) is 1. The standard InChI is InChI=1S/C17H26N4O2S/c1-10(2)21(11(3)4)8-7-18-15(22)14-12(5)13-16(24-14)19-9-20(6)17(13)23/h9-11H,7-8H2,1-6H3,(H,18,22). The number of amides is 1. The second-order valence-corrected chi connectivity index (χ2v) is 7.58. The van der Waals surface area contributed by atoms with Crippen molar-refractivity contribution in [2.24, 2.45) is 7.05 Å². The van der Waals surface area contributed by atoms with Crippen molar-refractivity contribution in [3.63, 3.8) is 0 Å². The smallest absolute Gasteiger partial charge is 0.262 e. The van der Waals surface area contributed by atoms with E-state index >= 15 is 0 Å². The summed E-state index contributed by atoms with van der Waals surface area (Å²) < 4.78 is 1.44. The van der Waals surface area contributed by atoms with Gasteiger partial charge in [-0.05, 0) is 40.2 Å². The topological polar surface area (TPSA) is 67.2 Å². The van der Waals surface area contributed by atoms with Crippen LogP contribution < -0.4 is 10.9 Å². The number of carbonyl (C=O) groups is 1. The molecule has 132 valence electrons. The third kappa shape index (κ3) is 3.67. The summed E-state index contributed by atoms with van der Waals surface area (Å²) in [6.45, 7) is 11.8. The van der Waals surface area contributed by atoms with Crippen LogP contribution in [0, 0.1) is 6.92 Å². The third-order valence-corrected chi connectivity index (χ3v) is 5.40. The van der Waals surface area contributed by atoms with Gasteiger partial charge < -0.3 is 9.88 Å². The van der Waals surface area contributed by atoms with E-state index in [1.807, 2.05) is 6.92 Å². The van der Waals surface area contributed by atoms with E-state index in [4.69, 9.17) is 0 Å². The lowest BCUT2D eigenvalue weighted by molar-refractivity contribution is 0.0943. The van der Waals surface area contributed by atoms with E-state index in [0.717, 1.165) is 6.54 Å². The molecular weight excluding hydrogens is 324 g/mol. The fraction of sp³-hybridized carbons (Fsp3) is 0.588. The van der Waals surface area contributed by atoms with Crippen molar-refractivity contribution in [1.82, 2.24) is 19.8 Å². The Balaban J connectivity index is 2.14. The summed E-state index contributed by atoms with van der Waals surface area (Å²) in [7, 11) is 1.66. The van der Waals surface area contributed by atoms with Gasteiger partial charge in [-0.1, -0.05) is 0 Å².